The molecule has 0 amide bonds. The van der Waals surface area contributed by atoms with Gasteiger partial charge in [0.25, 0.3) is 0 Å². The standard InChI is InChI=1S/C19H17NO3/c1-19(2)7-6-14-17-15(8-11(10-21)18(14)23-19)13-5-4-12(22-3)9-16(13)20-17/h4-10,20H,1-3H3. The molecule has 0 atom stereocenters. The SMILES string of the molecule is COc1ccc2c(c1)[nH]c1c3c(c(C=O)cc12)OC(C)(C)C=C3. The van der Waals surface area contributed by atoms with E-state index in [4.69, 9.17) is 9.47 Å². The molecule has 0 fully saturated rings. The van der Waals surface area contributed by atoms with Crippen LogP contribution in [0, 0.1) is 0 Å². The number of aldehydes is 1. The lowest BCUT2D eigenvalue weighted by atomic mass is 9.97. The van der Waals surface area contributed by atoms with Crippen molar-refractivity contribution in [3.05, 3.63) is 41.5 Å². The Morgan fingerprint density at radius 1 is 1.22 bits per heavy atom. The zero-order valence-corrected chi connectivity index (χ0v) is 13.3. The number of benzene rings is 2. The number of nitrogens with one attached hydrogen (secondary N) is 1. The van der Waals surface area contributed by atoms with E-state index in [1.807, 2.05) is 50.3 Å². The van der Waals surface area contributed by atoms with Crippen LogP contribution in [0.15, 0.2) is 30.3 Å². The molecule has 4 nitrogen and oxygen atoms in total. The van der Waals surface area contributed by atoms with Crippen LogP contribution in [0.25, 0.3) is 27.9 Å². The third-order valence-electron chi connectivity index (χ3n) is 4.27. The van der Waals surface area contributed by atoms with Crippen molar-refractivity contribution in [2.45, 2.75) is 19.4 Å². The molecule has 0 radical (unpaired) electrons. The van der Waals surface area contributed by atoms with E-state index in [1.54, 1.807) is 7.11 Å². The second kappa shape index (κ2) is 4.62. The van der Waals surface area contributed by atoms with E-state index in [-0.39, 0.29) is 0 Å². The van der Waals surface area contributed by atoms with Gasteiger partial charge in [0, 0.05) is 22.4 Å². The van der Waals surface area contributed by atoms with Crippen molar-refractivity contribution in [1.29, 1.82) is 0 Å². The van der Waals surface area contributed by atoms with Crippen LogP contribution in [0.3, 0.4) is 0 Å². The number of aromatic nitrogens is 1. The van der Waals surface area contributed by atoms with Crippen LogP contribution in [0.2, 0.25) is 0 Å². The van der Waals surface area contributed by atoms with Gasteiger partial charge in [0.15, 0.2) is 6.29 Å². The van der Waals surface area contributed by atoms with Gasteiger partial charge in [-0.2, -0.15) is 0 Å². The van der Waals surface area contributed by atoms with Gasteiger partial charge in [0.05, 0.1) is 23.7 Å². The van der Waals surface area contributed by atoms with Crippen LogP contribution in [-0.2, 0) is 0 Å². The van der Waals surface area contributed by atoms with Gasteiger partial charge in [-0.15, -0.1) is 0 Å². The highest BCUT2D eigenvalue weighted by Gasteiger charge is 2.26. The number of hydrogen-bond acceptors (Lipinski definition) is 3. The van der Waals surface area contributed by atoms with Crippen LogP contribution in [0.1, 0.15) is 29.8 Å². The molecule has 0 saturated carbocycles. The zero-order valence-electron chi connectivity index (χ0n) is 13.3. The van der Waals surface area contributed by atoms with Gasteiger partial charge in [-0.1, -0.05) is 0 Å². The van der Waals surface area contributed by atoms with E-state index in [2.05, 4.69) is 4.98 Å². The summed E-state index contributed by atoms with van der Waals surface area (Å²) in [6.07, 6.45) is 4.89. The number of carbonyl (C=O) groups excluding carboxylic acids is 1. The lowest BCUT2D eigenvalue weighted by molar-refractivity contribution is 0.110. The van der Waals surface area contributed by atoms with E-state index < -0.39 is 5.60 Å². The van der Waals surface area contributed by atoms with Gasteiger partial charge in [-0.3, -0.25) is 4.79 Å². The lowest BCUT2D eigenvalue weighted by Crippen LogP contribution is -2.28. The van der Waals surface area contributed by atoms with Crippen LogP contribution in [0.5, 0.6) is 11.5 Å². The summed E-state index contributed by atoms with van der Waals surface area (Å²) in [6.45, 7) is 3.95. The van der Waals surface area contributed by atoms with Gasteiger partial charge < -0.3 is 14.5 Å². The molecular formula is C19H17NO3. The molecule has 3 aromatic rings. The van der Waals surface area contributed by atoms with Gasteiger partial charge in [-0.05, 0) is 44.2 Å². The van der Waals surface area contributed by atoms with E-state index >= 15 is 0 Å². The maximum absolute atomic E-state index is 11.6. The summed E-state index contributed by atoms with van der Waals surface area (Å²) < 4.78 is 11.3. The molecule has 2 heterocycles. The highest BCUT2D eigenvalue weighted by molar-refractivity contribution is 6.12. The van der Waals surface area contributed by atoms with Crippen molar-refractivity contribution >= 4 is 34.2 Å². The van der Waals surface area contributed by atoms with E-state index in [9.17, 15) is 4.79 Å². The largest absolute Gasteiger partial charge is 0.497 e. The van der Waals surface area contributed by atoms with Crippen molar-refractivity contribution < 1.29 is 14.3 Å². The summed E-state index contributed by atoms with van der Waals surface area (Å²) >= 11 is 0. The molecule has 0 unspecified atom stereocenters. The average Bonchev–Trinajstić information content (AvgIpc) is 2.90. The fourth-order valence-corrected chi connectivity index (χ4v) is 3.12. The number of hydrogen-bond donors (Lipinski definition) is 1. The van der Waals surface area contributed by atoms with Crippen LogP contribution in [0.4, 0.5) is 0 Å². The Morgan fingerprint density at radius 3 is 2.78 bits per heavy atom. The molecule has 1 N–H and O–H groups in total. The van der Waals surface area contributed by atoms with Crippen LogP contribution < -0.4 is 9.47 Å². The summed E-state index contributed by atoms with van der Waals surface area (Å²) in [5, 5.41) is 2.07. The number of ether oxygens (including phenoxy) is 2. The highest BCUT2D eigenvalue weighted by atomic mass is 16.5. The molecule has 0 spiro atoms. The minimum absolute atomic E-state index is 0.423. The van der Waals surface area contributed by atoms with Gasteiger partial charge in [0.2, 0.25) is 0 Å². The van der Waals surface area contributed by atoms with E-state index in [0.717, 1.165) is 39.4 Å². The normalized spacial score (nSPS) is 15.4. The number of methoxy groups -OCH3 is 1. The van der Waals surface area contributed by atoms with Gasteiger partial charge >= 0.3 is 0 Å². The second-order valence-corrected chi connectivity index (χ2v) is 6.32. The summed E-state index contributed by atoms with van der Waals surface area (Å²) in [6, 6.07) is 7.78. The molecule has 1 aliphatic rings. The summed E-state index contributed by atoms with van der Waals surface area (Å²) in [4.78, 5) is 15.0. The van der Waals surface area contributed by atoms with E-state index in [1.165, 1.54) is 0 Å². The van der Waals surface area contributed by atoms with Crippen molar-refractivity contribution in [2.24, 2.45) is 0 Å². The molecule has 0 aliphatic carbocycles. The average molecular weight is 307 g/mol. The van der Waals surface area contributed by atoms with E-state index in [0.29, 0.717) is 11.3 Å². The predicted octanol–water partition coefficient (Wildman–Crippen LogP) is 4.33. The maximum atomic E-state index is 11.6. The molecule has 2 aromatic carbocycles. The first-order chi connectivity index (χ1) is 11.0. The van der Waals surface area contributed by atoms with Gasteiger partial charge in [0.1, 0.15) is 17.1 Å². The fourth-order valence-electron chi connectivity index (χ4n) is 3.12. The third-order valence-corrected chi connectivity index (χ3v) is 4.27. The Kier molecular flexibility index (Phi) is 2.79. The quantitative estimate of drug-likeness (QED) is 0.717. The zero-order chi connectivity index (χ0) is 16.2. The molecular weight excluding hydrogens is 290 g/mol. The van der Waals surface area contributed by atoms with Gasteiger partial charge in [-0.25, -0.2) is 0 Å². The van der Waals surface area contributed by atoms with Crippen molar-refractivity contribution in [3.8, 4) is 11.5 Å². The minimum Gasteiger partial charge on any atom is -0.497 e. The molecule has 4 rings (SSSR count). The fraction of sp³-hybridized carbons (Fsp3) is 0.211. The Bertz CT molecular complexity index is 979. The Labute approximate surface area is 133 Å². The Hall–Kier alpha value is -2.75. The van der Waals surface area contributed by atoms with Crippen molar-refractivity contribution in [2.75, 3.05) is 7.11 Å². The molecule has 23 heavy (non-hydrogen) atoms. The predicted molar refractivity (Wildman–Crippen MR) is 91.5 cm³/mol. The molecule has 1 aromatic heterocycles. The molecule has 4 heteroatoms. The molecule has 116 valence electrons. The topological polar surface area (TPSA) is 51.3 Å². The number of rotatable bonds is 2. The smallest absolute Gasteiger partial charge is 0.153 e. The summed E-state index contributed by atoms with van der Waals surface area (Å²) in [7, 11) is 1.65. The lowest BCUT2D eigenvalue weighted by Gasteiger charge is -2.29. The Morgan fingerprint density at radius 2 is 2.04 bits per heavy atom. The first-order valence-electron chi connectivity index (χ1n) is 7.52. The summed E-state index contributed by atoms with van der Waals surface area (Å²) in [5.41, 5.74) is 3.01. The number of fused-ring (bicyclic) bond motifs is 5. The van der Waals surface area contributed by atoms with Crippen molar-refractivity contribution in [3.63, 3.8) is 0 Å². The third kappa shape index (κ3) is 2.02. The number of H-pyrrole nitrogens is 1. The highest BCUT2D eigenvalue weighted by Crippen LogP contribution is 2.41. The van der Waals surface area contributed by atoms with Crippen LogP contribution >= 0.6 is 0 Å². The maximum Gasteiger partial charge on any atom is 0.153 e. The van der Waals surface area contributed by atoms with Crippen molar-refractivity contribution in [1.82, 2.24) is 4.98 Å². The molecule has 0 saturated heterocycles. The van der Waals surface area contributed by atoms with Crippen LogP contribution in [-0.4, -0.2) is 24.0 Å². The monoisotopic (exact) mass is 307 g/mol. The number of carbonyl (C=O) groups is 1. The summed E-state index contributed by atoms with van der Waals surface area (Å²) in [5.74, 6) is 1.43. The molecule has 1 aliphatic heterocycles. The first kappa shape index (κ1) is 13.9. The molecule has 0 bridgehead atoms. The Balaban J connectivity index is 2.10. The number of aromatic amines is 1. The minimum atomic E-state index is -0.423. The second-order valence-electron chi connectivity index (χ2n) is 6.32. The first-order valence-corrected chi connectivity index (χ1v) is 7.52.